The van der Waals surface area contributed by atoms with Crippen LogP contribution in [0, 0.1) is 0 Å². The Morgan fingerprint density at radius 2 is 1.25 bits per heavy atom. The second-order valence-corrected chi connectivity index (χ2v) is 0. The third-order valence-corrected chi connectivity index (χ3v) is 0. The third-order valence-electron chi connectivity index (χ3n) is 0. The van der Waals surface area contributed by atoms with Crippen LogP contribution in [0.1, 0.15) is 2.85 Å². The molecule has 1 radical (unpaired) electrons. The van der Waals surface area contributed by atoms with Crippen LogP contribution in [0.2, 0.25) is 0 Å². The molecule has 0 saturated carbocycles. The standard InChI is InChI=1S/Al.Cu.Mg.Ni.5H/q;;+2;;;;;2*-1. The zero-order valence-electron chi connectivity index (χ0n) is 3.32. The van der Waals surface area contributed by atoms with Gasteiger partial charge >= 0.3 is 23.1 Å². The normalized spacial score (nSPS) is 0. The first-order valence-corrected chi connectivity index (χ1v) is 0. The average Bonchev–Trinajstić information content (AvgIpc) is 0. The van der Waals surface area contributed by atoms with E-state index in [0.29, 0.717) is 0 Å². The Labute approximate surface area is 76.1 Å². The monoisotopic (exact) mass is 177 g/mol. The van der Waals surface area contributed by atoms with E-state index in [1.54, 1.807) is 0 Å². The van der Waals surface area contributed by atoms with Gasteiger partial charge in [0.25, 0.3) is 0 Å². The van der Waals surface area contributed by atoms with Gasteiger partial charge in [-0.05, 0) is 0 Å². The van der Waals surface area contributed by atoms with Crippen molar-refractivity contribution in [3.8, 4) is 0 Å². The smallest absolute Gasteiger partial charge is 1.00 e. The van der Waals surface area contributed by atoms with Crippen molar-refractivity contribution in [1.82, 2.24) is 0 Å². The van der Waals surface area contributed by atoms with Gasteiger partial charge in [-0.15, -0.1) is 0 Å². The van der Waals surface area contributed by atoms with E-state index in [0.717, 1.165) is 0 Å². The van der Waals surface area contributed by atoms with Crippen molar-refractivity contribution >= 4 is 40.4 Å². The molecule has 0 spiro atoms. The van der Waals surface area contributed by atoms with Gasteiger partial charge in [0, 0.05) is 33.6 Å². The predicted molar refractivity (Wildman–Crippen MR) is 17.9 cm³/mol. The van der Waals surface area contributed by atoms with Crippen LogP contribution < -0.4 is 0 Å². The average molecular weight is 179 g/mol. The molecular weight excluding hydrogens is 174 g/mol. The summed E-state index contributed by atoms with van der Waals surface area (Å²) in [6.07, 6.45) is 0. The summed E-state index contributed by atoms with van der Waals surface area (Å²) in [7, 11) is 0. The van der Waals surface area contributed by atoms with Crippen molar-refractivity contribution in [3.63, 3.8) is 0 Å². The van der Waals surface area contributed by atoms with Crippen molar-refractivity contribution in [3.05, 3.63) is 0 Å². The Kier molecular flexibility index (Phi) is 154. The van der Waals surface area contributed by atoms with Crippen molar-refractivity contribution < 1.29 is 36.4 Å². The van der Waals surface area contributed by atoms with Crippen LogP contribution in [0.25, 0.3) is 0 Å². The number of rotatable bonds is 0. The number of hydrogen-bond acceptors (Lipinski definition) is 0. The maximum absolute atomic E-state index is 0. The molecule has 0 fully saturated rings. The van der Waals surface area contributed by atoms with E-state index >= 15 is 0 Å². The first-order valence-electron chi connectivity index (χ1n) is 0. The third kappa shape index (κ3) is 8.85. The Bertz CT molecular complexity index is 13.5. The molecule has 0 saturated heterocycles. The molecule has 0 atom stereocenters. The Balaban J connectivity index is 0. The van der Waals surface area contributed by atoms with Gasteiger partial charge in [-0.1, -0.05) is 0 Å². The fourth-order valence-corrected chi connectivity index (χ4v) is 0. The van der Waals surface area contributed by atoms with Crippen LogP contribution in [0.4, 0.5) is 0 Å². The molecule has 0 unspecified atom stereocenters. The van der Waals surface area contributed by atoms with Gasteiger partial charge in [0.2, 0.25) is 0 Å². The van der Waals surface area contributed by atoms with Crippen LogP contribution in [0.3, 0.4) is 0 Å². The van der Waals surface area contributed by atoms with Gasteiger partial charge in [0.1, 0.15) is 0 Å². The fraction of sp³-hybridized carbons (Fsp3) is 0. The zero-order chi connectivity index (χ0) is 0. The molecule has 0 aromatic rings. The van der Waals surface area contributed by atoms with Gasteiger partial charge in [0.15, 0.2) is 17.4 Å². The van der Waals surface area contributed by atoms with Gasteiger partial charge in [-0.2, -0.15) is 0 Å². The molecule has 0 N–H and O–H groups in total. The molecule has 0 bridgehead atoms. The van der Waals surface area contributed by atoms with Crippen molar-refractivity contribution in [2.45, 2.75) is 0 Å². The van der Waals surface area contributed by atoms with Gasteiger partial charge in [-0.25, -0.2) is 0 Å². The Morgan fingerprint density at radius 1 is 1.25 bits per heavy atom. The van der Waals surface area contributed by atoms with Crippen molar-refractivity contribution in [2.75, 3.05) is 0 Å². The molecule has 0 aromatic heterocycles. The Morgan fingerprint density at radius 3 is 1.25 bits per heavy atom. The molecule has 0 aliphatic heterocycles. The molecule has 0 nitrogen and oxygen atoms in total. The van der Waals surface area contributed by atoms with E-state index in [9.17, 15) is 0 Å². The molecule has 4 heteroatoms. The van der Waals surface area contributed by atoms with E-state index in [2.05, 4.69) is 0 Å². The second-order valence-electron chi connectivity index (χ2n) is 0. The van der Waals surface area contributed by atoms with Gasteiger partial charge in [0.05, 0.1) is 0 Å². The molecule has 0 aromatic carbocycles. The summed E-state index contributed by atoms with van der Waals surface area (Å²) in [5.41, 5.74) is 0. The maximum atomic E-state index is 0. The van der Waals surface area contributed by atoms with Crippen LogP contribution in [-0.2, 0) is 33.6 Å². The molecule has 0 heterocycles. The van der Waals surface area contributed by atoms with Crippen LogP contribution >= 0.6 is 0 Å². The molecule has 0 aliphatic carbocycles. The quantitative estimate of drug-likeness (QED) is 0.403. The van der Waals surface area contributed by atoms with Crippen LogP contribution in [0.15, 0.2) is 0 Å². The largest absolute Gasteiger partial charge is 2.00 e. The Hall–Kier alpha value is 2.31. The molecule has 4 heavy (non-hydrogen) atoms. The van der Waals surface area contributed by atoms with E-state index in [4.69, 9.17) is 0 Å². The van der Waals surface area contributed by atoms with Crippen molar-refractivity contribution in [1.29, 1.82) is 0 Å². The minimum atomic E-state index is 0. The number of hydrogen-bond donors (Lipinski definition) is 0. The summed E-state index contributed by atoms with van der Waals surface area (Å²) < 4.78 is 0. The minimum Gasteiger partial charge on any atom is -1.00 e. The first-order chi connectivity index (χ1) is 0. The summed E-state index contributed by atoms with van der Waals surface area (Å²) >= 11 is 0. The summed E-state index contributed by atoms with van der Waals surface area (Å²) in [5, 5.41) is 0. The molecule has 0 rings (SSSR count). The molecule has 31 valence electrons. The minimum absolute atomic E-state index is 0. The fourth-order valence-electron chi connectivity index (χ4n) is 0. The molecular formula is H5AlCuMgNi. The predicted octanol–water partition coefficient (Wildman–Crippen LogP) is -1.34. The van der Waals surface area contributed by atoms with Gasteiger partial charge < -0.3 is 2.85 Å². The zero-order valence-corrected chi connectivity index (χ0v) is 4.67. The van der Waals surface area contributed by atoms with E-state index in [1.807, 2.05) is 0 Å². The second kappa shape index (κ2) is 18.5. The van der Waals surface area contributed by atoms with E-state index < -0.39 is 0 Å². The van der Waals surface area contributed by atoms with E-state index in [-0.39, 0.29) is 76.8 Å². The topological polar surface area (TPSA) is 0 Å². The summed E-state index contributed by atoms with van der Waals surface area (Å²) in [5.74, 6) is 0. The van der Waals surface area contributed by atoms with Crippen LogP contribution in [0.5, 0.6) is 0 Å². The van der Waals surface area contributed by atoms with E-state index in [1.165, 1.54) is 0 Å². The summed E-state index contributed by atoms with van der Waals surface area (Å²) in [6, 6.07) is 0. The molecule has 0 aliphatic rings. The summed E-state index contributed by atoms with van der Waals surface area (Å²) in [4.78, 5) is 0. The maximum Gasteiger partial charge on any atom is 2.00 e. The van der Waals surface area contributed by atoms with Crippen LogP contribution in [-0.4, -0.2) is 40.4 Å². The SMILES string of the molecule is [AlH3].[Cu].[H-].[H-].[Mg+2].[Ni]. The first kappa shape index (κ1) is 33.3. The molecule has 0 amide bonds. The van der Waals surface area contributed by atoms with Crippen molar-refractivity contribution in [2.24, 2.45) is 0 Å². The summed E-state index contributed by atoms with van der Waals surface area (Å²) in [6.45, 7) is 0. The van der Waals surface area contributed by atoms with Gasteiger partial charge in [-0.3, -0.25) is 0 Å².